The van der Waals surface area contributed by atoms with E-state index < -0.39 is 24.5 Å². The summed E-state index contributed by atoms with van der Waals surface area (Å²) >= 11 is 5.14. The number of aliphatic hydroxyl groups is 2. The number of ether oxygens (including phenoxy) is 2. The molecule has 3 rings (SSSR count). The molecule has 0 amide bonds. The Balaban J connectivity index is 2.10. The van der Waals surface area contributed by atoms with Gasteiger partial charge in [-0.3, -0.25) is 4.57 Å². The van der Waals surface area contributed by atoms with Gasteiger partial charge in [0.2, 0.25) is 5.95 Å². The fourth-order valence-corrected chi connectivity index (χ4v) is 2.73. The van der Waals surface area contributed by atoms with Crippen LogP contribution in [0.3, 0.4) is 0 Å². The van der Waals surface area contributed by atoms with Gasteiger partial charge in [-0.1, -0.05) is 12.2 Å². The summed E-state index contributed by atoms with van der Waals surface area (Å²) in [5.74, 6) is 0.153. The molecule has 1 aliphatic rings. The first kappa shape index (κ1) is 14.4. The van der Waals surface area contributed by atoms with Gasteiger partial charge in [0.05, 0.1) is 12.9 Å². The molecule has 1 aliphatic heterocycles. The van der Waals surface area contributed by atoms with E-state index in [0.29, 0.717) is 15.8 Å². The van der Waals surface area contributed by atoms with Crippen LogP contribution in [-0.2, 0) is 9.47 Å². The Kier molecular flexibility index (Phi) is 3.63. The van der Waals surface area contributed by atoms with Gasteiger partial charge in [-0.25, -0.2) is 4.98 Å². The number of nitrogens with two attached hydrogens (primary N) is 1. The lowest BCUT2D eigenvalue weighted by Gasteiger charge is -2.19. The van der Waals surface area contributed by atoms with E-state index in [1.807, 2.05) is 0 Å². The van der Waals surface area contributed by atoms with Gasteiger partial charge < -0.3 is 30.4 Å². The van der Waals surface area contributed by atoms with Gasteiger partial charge in [0.25, 0.3) is 0 Å². The van der Waals surface area contributed by atoms with Crippen LogP contribution in [0, 0.1) is 4.64 Å². The summed E-state index contributed by atoms with van der Waals surface area (Å²) in [6.07, 6.45) is -1.56. The van der Waals surface area contributed by atoms with Crippen LogP contribution in [0.1, 0.15) is 6.23 Å². The van der Waals surface area contributed by atoms with Crippen LogP contribution in [0.15, 0.2) is 6.33 Å². The quantitative estimate of drug-likeness (QED) is 0.549. The molecule has 4 atom stereocenters. The molecule has 1 fully saturated rings. The molecule has 9 nitrogen and oxygen atoms in total. The SMILES string of the molecule is CO[C@@H]1[C@H](O)[C@@H](CO)O[C@H]1n1cnc2c(=S)[nH]c(N)nc21. The normalized spacial score (nSPS) is 29.3. The van der Waals surface area contributed by atoms with Gasteiger partial charge in [-0.15, -0.1) is 0 Å². The minimum absolute atomic E-state index is 0.153. The average molecular weight is 313 g/mol. The number of nitrogens with one attached hydrogen (secondary N) is 1. The van der Waals surface area contributed by atoms with Crippen LogP contribution in [-0.4, -0.2) is 61.8 Å². The molecule has 0 spiro atoms. The van der Waals surface area contributed by atoms with E-state index in [2.05, 4.69) is 15.0 Å². The van der Waals surface area contributed by atoms with Gasteiger partial charge in [-0.2, -0.15) is 4.98 Å². The topological polar surface area (TPSA) is 131 Å². The van der Waals surface area contributed by atoms with E-state index in [4.69, 9.17) is 27.4 Å². The number of nitrogen functional groups attached to an aromatic ring is 1. The summed E-state index contributed by atoms with van der Waals surface area (Å²) < 4.78 is 12.9. The number of rotatable bonds is 3. The van der Waals surface area contributed by atoms with Gasteiger partial charge in [0.1, 0.15) is 28.5 Å². The lowest BCUT2D eigenvalue weighted by molar-refractivity contribution is -0.0583. The molecule has 2 aromatic heterocycles. The standard InChI is InChI=1S/C11H15N5O4S/c1-19-7-6(18)4(2-17)20-10(7)16-3-13-5-8(16)14-11(12)15-9(5)21/h3-4,6-7,10,17-18H,2H2,1H3,(H3,12,14,15,21)/t4-,6-,7-,10-/m1/s1. The summed E-state index contributed by atoms with van der Waals surface area (Å²) in [4.78, 5) is 11.1. The number of fused-ring (bicyclic) bond motifs is 1. The van der Waals surface area contributed by atoms with E-state index in [-0.39, 0.29) is 12.6 Å². The van der Waals surface area contributed by atoms with Crippen LogP contribution < -0.4 is 5.73 Å². The van der Waals surface area contributed by atoms with Crippen molar-refractivity contribution in [2.75, 3.05) is 19.5 Å². The summed E-state index contributed by atoms with van der Waals surface area (Å²) in [6.45, 7) is -0.320. The van der Waals surface area contributed by atoms with E-state index in [1.54, 1.807) is 4.57 Å². The number of H-pyrrole nitrogens is 1. The molecule has 0 aromatic carbocycles. The summed E-state index contributed by atoms with van der Waals surface area (Å²) in [5, 5.41) is 19.3. The highest BCUT2D eigenvalue weighted by atomic mass is 32.1. The van der Waals surface area contributed by atoms with Gasteiger partial charge in [-0.05, 0) is 0 Å². The fourth-order valence-electron chi connectivity index (χ4n) is 2.48. The molecular formula is C11H15N5O4S. The molecule has 0 bridgehead atoms. The Bertz CT molecular complexity index is 716. The Morgan fingerprint density at radius 3 is 3.05 bits per heavy atom. The minimum atomic E-state index is -0.960. The molecule has 5 N–H and O–H groups in total. The Morgan fingerprint density at radius 2 is 2.38 bits per heavy atom. The predicted molar refractivity (Wildman–Crippen MR) is 74.9 cm³/mol. The summed E-state index contributed by atoms with van der Waals surface area (Å²) in [7, 11) is 1.46. The highest BCUT2D eigenvalue weighted by Gasteiger charge is 2.45. The van der Waals surface area contributed by atoms with Crippen LogP contribution in [0.25, 0.3) is 11.2 Å². The van der Waals surface area contributed by atoms with Crippen molar-refractivity contribution in [3.05, 3.63) is 11.0 Å². The molecule has 0 saturated carbocycles. The maximum atomic E-state index is 10.1. The molecule has 21 heavy (non-hydrogen) atoms. The van der Waals surface area contributed by atoms with Crippen LogP contribution in [0.2, 0.25) is 0 Å². The van der Waals surface area contributed by atoms with Crippen molar-refractivity contribution in [2.24, 2.45) is 0 Å². The van der Waals surface area contributed by atoms with Crippen LogP contribution >= 0.6 is 12.2 Å². The number of aromatic amines is 1. The third-order valence-electron chi connectivity index (χ3n) is 3.49. The lowest BCUT2D eigenvalue weighted by atomic mass is 10.1. The first-order valence-electron chi connectivity index (χ1n) is 6.26. The van der Waals surface area contributed by atoms with Crippen molar-refractivity contribution < 1.29 is 19.7 Å². The third kappa shape index (κ3) is 2.21. The molecule has 2 aromatic rings. The lowest BCUT2D eigenvalue weighted by Crippen LogP contribution is -2.34. The van der Waals surface area contributed by atoms with Gasteiger partial charge in [0, 0.05) is 7.11 Å². The molecule has 1 saturated heterocycles. The number of aromatic nitrogens is 4. The summed E-state index contributed by atoms with van der Waals surface area (Å²) in [6, 6.07) is 0. The number of methoxy groups -OCH3 is 1. The molecule has 0 radical (unpaired) electrons. The van der Waals surface area contributed by atoms with E-state index >= 15 is 0 Å². The number of hydrogen-bond acceptors (Lipinski definition) is 8. The third-order valence-corrected chi connectivity index (χ3v) is 3.79. The van der Waals surface area contributed by atoms with Crippen molar-refractivity contribution in [1.29, 1.82) is 0 Å². The highest BCUT2D eigenvalue weighted by molar-refractivity contribution is 7.71. The zero-order chi connectivity index (χ0) is 15.1. The van der Waals surface area contributed by atoms with Crippen molar-refractivity contribution in [1.82, 2.24) is 19.5 Å². The number of aliphatic hydroxyl groups excluding tert-OH is 2. The van der Waals surface area contributed by atoms with Crippen LogP contribution in [0.5, 0.6) is 0 Å². The maximum Gasteiger partial charge on any atom is 0.200 e. The van der Waals surface area contributed by atoms with E-state index in [9.17, 15) is 10.2 Å². The number of anilines is 1. The largest absolute Gasteiger partial charge is 0.394 e. The number of imidazole rings is 1. The zero-order valence-electron chi connectivity index (χ0n) is 11.1. The second kappa shape index (κ2) is 5.31. The molecular weight excluding hydrogens is 298 g/mol. The van der Waals surface area contributed by atoms with Gasteiger partial charge >= 0.3 is 0 Å². The van der Waals surface area contributed by atoms with Crippen molar-refractivity contribution in [3.63, 3.8) is 0 Å². The summed E-state index contributed by atoms with van der Waals surface area (Å²) in [5.41, 5.74) is 6.56. The smallest absolute Gasteiger partial charge is 0.200 e. The molecule has 0 aliphatic carbocycles. The van der Waals surface area contributed by atoms with E-state index in [0.717, 1.165) is 0 Å². The van der Waals surface area contributed by atoms with Crippen LogP contribution in [0.4, 0.5) is 5.95 Å². The Labute approximate surface area is 124 Å². The average Bonchev–Trinajstić information content (AvgIpc) is 2.99. The zero-order valence-corrected chi connectivity index (χ0v) is 11.9. The molecule has 3 heterocycles. The molecule has 0 unspecified atom stereocenters. The molecule has 114 valence electrons. The fraction of sp³-hybridized carbons (Fsp3) is 0.545. The molecule has 10 heteroatoms. The van der Waals surface area contributed by atoms with Gasteiger partial charge in [0.15, 0.2) is 11.9 Å². The highest BCUT2D eigenvalue weighted by Crippen LogP contribution is 2.33. The first-order valence-corrected chi connectivity index (χ1v) is 6.67. The van der Waals surface area contributed by atoms with Crippen molar-refractivity contribution in [3.8, 4) is 0 Å². The van der Waals surface area contributed by atoms with E-state index in [1.165, 1.54) is 13.4 Å². The minimum Gasteiger partial charge on any atom is -0.394 e. The number of nitrogens with zero attached hydrogens (tertiary/aromatic N) is 3. The number of hydrogen-bond donors (Lipinski definition) is 4. The first-order chi connectivity index (χ1) is 10.1. The van der Waals surface area contributed by atoms with Crippen molar-refractivity contribution in [2.45, 2.75) is 24.5 Å². The monoisotopic (exact) mass is 313 g/mol. The van der Waals surface area contributed by atoms with Crippen molar-refractivity contribution >= 4 is 29.3 Å². The second-order valence-electron chi connectivity index (χ2n) is 4.71. The predicted octanol–water partition coefficient (Wildman–Crippen LogP) is -0.663. The Morgan fingerprint density at radius 1 is 1.62 bits per heavy atom. The maximum absolute atomic E-state index is 10.1. The second-order valence-corrected chi connectivity index (χ2v) is 5.12. The Hall–Kier alpha value is -1.59.